The smallest absolute Gasteiger partial charge is 0.214 e. The SMILES string of the molecule is COc1cccc(N2C[C@H]3C[C@H](N(C)c4ncnc5[nH]ccc45)C[C@H]3C2)n1. The predicted molar refractivity (Wildman–Crippen MR) is 105 cm³/mol. The monoisotopic (exact) mass is 364 g/mol. The lowest BCUT2D eigenvalue weighted by molar-refractivity contribution is 0.398. The van der Waals surface area contributed by atoms with Crippen molar-refractivity contribution >= 4 is 22.7 Å². The summed E-state index contributed by atoms with van der Waals surface area (Å²) in [5, 5.41) is 1.10. The molecule has 2 aliphatic rings. The molecular weight excluding hydrogens is 340 g/mol. The molecule has 0 unspecified atom stereocenters. The van der Waals surface area contributed by atoms with Gasteiger partial charge in [0.25, 0.3) is 0 Å². The zero-order chi connectivity index (χ0) is 18.4. The molecule has 7 nitrogen and oxygen atoms in total. The van der Waals surface area contributed by atoms with Gasteiger partial charge in [0, 0.05) is 38.4 Å². The third-order valence-electron chi connectivity index (χ3n) is 6.18. The molecule has 3 aromatic rings. The Labute approximate surface area is 158 Å². The first-order valence-electron chi connectivity index (χ1n) is 9.50. The summed E-state index contributed by atoms with van der Waals surface area (Å²) in [4.78, 5) is 21.4. The molecule has 1 N–H and O–H groups in total. The van der Waals surface area contributed by atoms with Crippen LogP contribution in [0.25, 0.3) is 11.0 Å². The predicted octanol–water partition coefficient (Wildman–Crippen LogP) is 2.71. The summed E-state index contributed by atoms with van der Waals surface area (Å²) in [7, 11) is 3.84. The van der Waals surface area contributed by atoms with E-state index < -0.39 is 0 Å². The van der Waals surface area contributed by atoms with Gasteiger partial charge in [-0.3, -0.25) is 0 Å². The maximum Gasteiger partial charge on any atom is 0.214 e. The lowest BCUT2D eigenvalue weighted by atomic mass is 10.0. The molecule has 140 valence electrons. The van der Waals surface area contributed by atoms with Crippen LogP contribution in [0, 0.1) is 11.8 Å². The second-order valence-corrected chi connectivity index (χ2v) is 7.64. The molecule has 5 rings (SSSR count). The van der Waals surface area contributed by atoms with Gasteiger partial charge in [-0.05, 0) is 36.8 Å². The van der Waals surface area contributed by atoms with Gasteiger partial charge in [0.05, 0.1) is 12.5 Å². The van der Waals surface area contributed by atoms with Crippen LogP contribution in [-0.4, -0.2) is 53.2 Å². The number of fused-ring (bicyclic) bond motifs is 2. The molecule has 3 atom stereocenters. The van der Waals surface area contributed by atoms with Crippen LogP contribution in [0.1, 0.15) is 12.8 Å². The molecule has 1 aliphatic heterocycles. The van der Waals surface area contributed by atoms with E-state index in [0.29, 0.717) is 23.8 Å². The van der Waals surface area contributed by atoms with Crippen LogP contribution in [0.3, 0.4) is 0 Å². The van der Waals surface area contributed by atoms with E-state index in [4.69, 9.17) is 4.74 Å². The van der Waals surface area contributed by atoms with Gasteiger partial charge >= 0.3 is 0 Å². The number of ether oxygens (including phenoxy) is 1. The standard InChI is InChI=1S/C20H24N6O/c1-25(20-16-6-7-21-19(16)22-12-23-20)15-8-13-10-26(11-14(13)9-15)17-4-3-5-18(24-17)27-2/h3-7,12-15H,8-11H2,1-2H3,(H,21,22,23)/t13-,14+,15+. The minimum atomic E-state index is 0.522. The fourth-order valence-electron chi connectivity index (χ4n) is 4.78. The number of aromatic nitrogens is 4. The van der Waals surface area contributed by atoms with Crippen molar-refractivity contribution in [3.05, 3.63) is 36.8 Å². The average Bonchev–Trinajstić information content (AvgIpc) is 3.41. The van der Waals surface area contributed by atoms with Crippen molar-refractivity contribution in [1.29, 1.82) is 0 Å². The molecule has 7 heteroatoms. The van der Waals surface area contributed by atoms with Crippen LogP contribution in [0.2, 0.25) is 0 Å². The molecular formula is C20H24N6O. The zero-order valence-corrected chi connectivity index (χ0v) is 15.7. The van der Waals surface area contributed by atoms with Crippen molar-refractivity contribution in [2.45, 2.75) is 18.9 Å². The van der Waals surface area contributed by atoms with Crippen molar-refractivity contribution in [2.24, 2.45) is 11.8 Å². The van der Waals surface area contributed by atoms with E-state index in [1.165, 1.54) is 12.8 Å². The number of nitrogens with one attached hydrogen (secondary N) is 1. The first kappa shape index (κ1) is 16.4. The van der Waals surface area contributed by atoms with E-state index in [2.05, 4.69) is 48.9 Å². The van der Waals surface area contributed by atoms with Gasteiger partial charge in [-0.1, -0.05) is 6.07 Å². The molecule has 0 spiro atoms. The van der Waals surface area contributed by atoms with Crippen molar-refractivity contribution in [2.75, 3.05) is 37.0 Å². The average molecular weight is 364 g/mol. The number of rotatable bonds is 4. The highest BCUT2D eigenvalue weighted by Gasteiger charge is 2.43. The van der Waals surface area contributed by atoms with Gasteiger partial charge in [-0.2, -0.15) is 4.98 Å². The summed E-state index contributed by atoms with van der Waals surface area (Å²) >= 11 is 0. The largest absolute Gasteiger partial charge is 0.481 e. The van der Waals surface area contributed by atoms with E-state index in [1.54, 1.807) is 13.4 Å². The summed E-state index contributed by atoms with van der Waals surface area (Å²) in [5.74, 6) is 4.14. The van der Waals surface area contributed by atoms with Crippen LogP contribution in [-0.2, 0) is 0 Å². The Kier molecular flexibility index (Phi) is 3.88. The Morgan fingerprint density at radius 1 is 1.15 bits per heavy atom. The van der Waals surface area contributed by atoms with Gasteiger partial charge in [-0.25, -0.2) is 9.97 Å². The maximum atomic E-state index is 5.28. The number of methoxy groups -OCH3 is 1. The fraction of sp³-hybridized carbons (Fsp3) is 0.450. The molecule has 0 aromatic carbocycles. The second kappa shape index (κ2) is 6.40. The molecule has 0 amide bonds. The first-order chi connectivity index (χ1) is 13.2. The molecule has 1 aliphatic carbocycles. The zero-order valence-electron chi connectivity index (χ0n) is 15.7. The van der Waals surface area contributed by atoms with Gasteiger partial charge in [-0.15, -0.1) is 0 Å². The number of H-pyrrole nitrogens is 1. The number of hydrogen-bond donors (Lipinski definition) is 1. The van der Waals surface area contributed by atoms with Crippen molar-refractivity contribution in [3.8, 4) is 5.88 Å². The molecule has 1 saturated carbocycles. The van der Waals surface area contributed by atoms with Crippen LogP contribution in [0.5, 0.6) is 5.88 Å². The van der Waals surface area contributed by atoms with Gasteiger partial charge in [0.15, 0.2) is 0 Å². The molecule has 4 heterocycles. The summed E-state index contributed by atoms with van der Waals surface area (Å²) in [6.07, 6.45) is 5.96. The topological polar surface area (TPSA) is 70.2 Å². The number of hydrogen-bond acceptors (Lipinski definition) is 6. The summed E-state index contributed by atoms with van der Waals surface area (Å²) in [6.45, 7) is 2.14. The van der Waals surface area contributed by atoms with E-state index >= 15 is 0 Å². The minimum Gasteiger partial charge on any atom is -0.481 e. The first-order valence-corrected chi connectivity index (χ1v) is 9.50. The third-order valence-corrected chi connectivity index (χ3v) is 6.18. The third kappa shape index (κ3) is 2.78. The Morgan fingerprint density at radius 3 is 2.74 bits per heavy atom. The van der Waals surface area contributed by atoms with Crippen molar-refractivity contribution in [3.63, 3.8) is 0 Å². The summed E-state index contributed by atoms with van der Waals surface area (Å²) < 4.78 is 5.28. The summed E-state index contributed by atoms with van der Waals surface area (Å²) in [5.41, 5.74) is 0.903. The van der Waals surface area contributed by atoms with E-state index in [0.717, 1.165) is 35.8 Å². The molecule has 1 saturated heterocycles. The quantitative estimate of drug-likeness (QED) is 0.768. The second-order valence-electron chi connectivity index (χ2n) is 7.64. The van der Waals surface area contributed by atoms with Crippen LogP contribution in [0.15, 0.2) is 36.8 Å². The van der Waals surface area contributed by atoms with Crippen LogP contribution < -0.4 is 14.5 Å². The van der Waals surface area contributed by atoms with Gasteiger partial charge in [0.1, 0.15) is 23.6 Å². The number of nitrogens with zero attached hydrogens (tertiary/aromatic N) is 5. The van der Waals surface area contributed by atoms with E-state index in [9.17, 15) is 0 Å². The molecule has 3 aromatic heterocycles. The minimum absolute atomic E-state index is 0.522. The van der Waals surface area contributed by atoms with Gasteiger partial charge < -0.3 is 19.5 Å². The fourth-order valence-corrected chi connectivity index (χ4v) is 4.78. The lowest BCUT2D eigenvalue weighted by Crippen LogP contribution is -2.33. The number of pyridine rings is 1. The van der Waals surface area contributed by atoms with Crippen molar-refractivity contribution in [1.82, 2.24) is 19.9 Å². The Bertz CT molecular complexity index is 942. The Hall–Kier alpha value is -2.83. The highest BCUT2D eigenvalue weighted by atomic mass is 16.5. The molecule has 0 radical (unpaired) electrons. The molecule has 2 fully saturated rings. The van der Waals surface area contributed by atoms with Crippen LogP contribution in [0.4, 0.5) is 11.6 Å². The molecule has 27 heavy (non-hydrogen) atoms. The van der Waals surface area contributed by atoms with E-state index in [1.807, 2.05) is 18.3 Å². The summed E-state index contributed by atoms with van der Waals surface area (Å²) in [6, 6.07) is 8.58. The maximum absolute atomic E-state index is 5.28. The molecule has 0 bridgehead atoms. The Morgan fingerprint density at radius 2 is 1.96 bits per heavy atom. The Balaban J connectivity index is 1.30. The highest BCUT2D eigenvalue weighted by Crippen LogP contribution is 2.42. The van der Waals surface area contributed by atoms with Crippen LogP contribution >= 0.6 is 0 Å². The van der Waals surface area contributed by atoms with E-state index in [-0.39, 0.29) is 0 Å². The highest BCUT2D eigenvalue weighted by molar-refractivity contribution is 5.87. The number of aromatic amines is 1. The van der Waals surface area contributed by atoms with Gasteiger partial charge in [0.2, 0.25) is 5.88 Å². The lowest BCUT2D eigenvalue weighted by Gasteiger charge is -2.28. The number of anilines is 2. The van der Waals surface area contributed by atoms with Crippen molar-refractivity contribution < 1.29 is 4.74 Å². The normalized spacial score (nSPS) is 24.4.